The first-order valence-corrected chi connectivity index (χ1v) is 4.53. The smallest absolute Gasteiger partial charge is 0.126 e. The lowest BCUT2D eigenvalue weighted by molar-refractivity contribution is 0.311. The van der Waals surface area contributed by atoms with E-state index in [0.29, 0.717) is 0 Å². The Hall–Kier alpha value is -1.45. The van der Waals surface area contributed by atoms with Gasteiger partial charge in [0.05, 0.1) is 5.71 Å². The lowest BCUT2D eigenvalue weighted by atomic mass is 9.85. The molecular weight excluding hydrogens is 200 g/mol. The van der Waals surface area contributed by atoms with Gasteiger partial charge in [-0.3, -0.25) is 0 Å². The second-order valence-electron chi connectivity index (χ2n) is 4.36. The molecule has 0 aliphatic carbocycles. The van der Waals surface area contributed by atoms with Crippen molar-refractivity contribution in [1.82, 2.24) is 0 Å². The van der Waals surface area contributed by atoms with Crippen molar-refractivity contribution in [2.75, 3.05) is 0 Å². The molecular formula is C11H13F2NO. The Labute approximate surface area is 87.2 Å². The van der Waals surface area contributed by atoms with E-state index in [4.69, 9.17) is 5.21 Å². The van der Waals surface area contributed by atoms with Crippen molar-refractivity contribution < 1.29 is 14.0 Å². The Bertz CT molecular complexity index is 374. The molecule has 0 aliphatic heterocycles. The average molecular weight is 213 g/mol. The van der Waals surface area contributed by atoms with E-state index in [9.17, 15) is 8.78 Å². The van der Waals surface area contributed by atoms with E-state index in [1.54, 1.807) is 20.8 Å². The molecule has 0 atom stereocenters. The van der Waals surface area contributed by atoms with Crippen LogP contribution in [0.3, 0.4) is 0 Å². The van der Waals surface area contributed by atoms with E-state index >= 15 is 0 Å². The molecule has 0 saturated heterocycles. The molecule has 0 amide bonds. The van der Waals surface area contributed by atoms with Gasteiger partial charge in [-0.05, 0) is 12.1 Å². The predicted molar refractivity (Wildman–Crippen MR) is 54.1 cm³/mol. The molecule has 0 fully saturated rings. The Morgan fingerprint density at radius 1 is 1.13 bits per heavy atom. The third kappa shape index (κ3) is 2.75. The summed E-state index contributed by atoms with van der Waals surface area (Å²) in [5.74, 6) is -1.37. The number of halogens is 2. The zero-order valence-electron chi connectivity index (χ0n) is 8.88. The van der Waals surface area contributed by atoms with Gasteiger partial charge in [-0.25, -0.2) is 8.78 Å². The van der Waals surface area contributed by atoms with Gasteiger partial charge < -0.3 is 5.21 Å². The first kappa shape index (κ1) is 11.6. The van der Waals surface area contributed by atoms with E-state index in [-0.39, 0.29) is 11.3 Å². The molecule has 15 heavy (non-hydrogen) atoms. The molecule has 0 aromatic heterocycles. The SMILES string of the molecule is CC(C)(C)C(=NO)c1cc(F)cc(F)c1. The van der Waals surface area contributed by atoms with Crippen molar-refractivity contribution >= 4 is 5.71 Å². The molecule has 82 valence electrons. The number of hydrogen-bond acceptors (Lipinski definition) is 2. The number of benzene rings is 1. The molecule has 0 radical (unpaired) electrons. The Morgan fingerprint density at radius 3 is 1.93 bits per heavy atom. The molecule has 1 N–H and O–H groups in total. The maximum Gasteiger partial charge on any atom is 0.126 e. The minimum atomic E-state index is -0.685. The standard InChI is InChI=1S/C11H13F2NO/c1-11(2,3)10(14-15)7-4-8(12)6-9(13)5-7/h4-6,15H,1-3H3. The van der Waals surface area contributed by atoms with Gasteiger partial charge in [-0.15, -0.1) is 0 Å². The van der Waals surface area contributed by atoms with Gasteiger partial charge >= 0.3 is 0 Å². The summed E-state index contributed by atoms with van der Waals surface area (Å²) in [7, 11) is 0. The summed E-state index contributed by atoms with van der Waals surface area (Å²) in [6, 6.07) is 3.06. The van der Waals surface area contributed by atoms with E-state index < -0.39 is 17.0 Å². The van der Waals surface area contributed by atoms with Gasteiger partial charge in [0.15, 0.2) is 0 Å². The van der Waals surface area contributed by atoms with Gasteiger partial charge in [-0.2, -0.15) is 0 Å². The molecule has 4 heteroatoms. The van der Waals surface area contributed by atoms with Crippen LogP contribution in [0.15, 0.2) is 23.4 Å². The van der Waals surface area contributed by atoms with Crippen LogP contribution in [-0.4, -0.2) is 10.9 Å². The van der Waals surface area contributed by atoms with E-state index in [2.05, 4.69) is 5.16 Å². The van der Waals surface area contributed by atoms with Crippen LogP contribution in [0.1, 0.15) is 26.3 Å². The Kier molecular flexibility index (Phi) is 3.07. The van der Waals surface area contributed by atoms with Crippen molar-refractivity contribution in [3.05, 3.63) is 35.4 Å². The first-order valence-electron chi connectivity index (χ1n) is 4.53. The molecule has 0 heterocycles. The number of rotatable bonds is 1. The van der Waals surface area contributed by atoms with Gasteiger partial charge in [-0.1, -0.05) is 25.9 Å². The fraction of sp³-hybridized carbons (Fsp3) is 0.364. The highest BCUT2D eigenvalue weighted by Gasteiger charge is 2.22. The zero-order chi connectivity index (χ0) is 11.6. The predicted octanol–water partition coefficient (Wildman–Crippen LogP) is 3.19. The van der Waals surface area contributed by atoms with Gasteiger partial charge in [0.1, 0.15) is 11.6 Å². The number of oxime groups is 1. The molecule has 0 aliphatic rings. The third-order valence-corrected chi connectivity index (χ3v) is 1.95. The van der Waals surface area contributed by atoms with Gasteiger partial charge in [0.2, 0.25) is 0 Å². The zero-order valence-corrected chi connectivity index (χ0v) is 8.88. The molecule has 0 spiro atoms. The van der Waals surface area contributed by atoms with Crippen molar-refractivity contribution in [3.63, 3.8) is 0 Å². The molecule has 0 unspecified atom stereocenters. The monoisotopic (exact) mass is 213 g/mol. The molecule has 0 saturated carbocycles. The highest BCUT2D eigenvalue weighted by Crippen LogP contribution is 2.22. The largest absolute Gasteiger partial charge is 0.411 e. The van der Waals surface area contributed by atoms with Crippen LogP contribution in [0.5, 0.6) is 0 Å². The Balaban J connectivity index is 3.26. The van der Waals surface area contributed by atoms with Crippen molar-refractivity contribution in [3.8, 4) is 0 Å². The molecule has 1 aromatic rings. The third-order valence-electron chi connectivity index (χ3n) is 1.95. The summed E-state index contributed by atoms with van der Waals surface area (Å²) in [5.41, 5.74) is 0.0259. The topological polar surface area (TPSA) is 32.6 Å². The first-order chi connectivity index (χ1) is 6.84. The lowest BCUT2D eigenvalue weighted by Crippen LogP contribution is -2.21. The molecule has 0 bridgehead atoms. The summed E-state index contributed by atoms with van der Waals surface area (Å²) in [5, 5.41) is 11.9. The van der Waals surface area contributed by atoms with Crippen LogP contribution in [0.4, 0.5) is 8.78 Å². The summed E-state index contributed by atoms with van der Waals surface area (Å²) in [4.78, 5) is 0. The van der Waals surface area contributed by atoms with Gasteiger partial charge in [0.25, 0.3) is 0 Å². The van der Waals surface area contributed by atoms with Crippen LogP contribution >= 0.6 is 0 Å². The normalized spacial score (nSPS) is 13.0. The summed E-state index contributed by atoms with van der Waals surface area (Å²) >= 11 is 0. The van der Waals surface area contributed by atoms with Crippen LogP contribution in [-0.2, 0) is 0 Å². The van der Waals surface area contributed by atoms with Crippen LogP contribution in [0.25, 0.3) is 0 Å². The van der Waals surface area contributed by atoms with E-state index in [1.165, 1.54) is 0 Å². The highest BCUT2D eigenvalue weighted by molar-refractivity contribution is 6.03. The lowest BCUT2D eigenvalue weighted by Gasteiger charge is -2.20. The minimum Gasteiger partial charge on any atom is -0.411 e. The maximum absolute atomic E-state index is 12.9. The quantitative estimate of drug-likeness (QED) is 0.433. The van der Waals surface area contributed by atoms with Crippen LogP contribution < -0.4 is 0 Å². The average Bonchev–Trinajstić information content (AvgIpc) is 1.99. The molecule has 1 aromatic carbocycles. The highest BCUT2D eigenvalue weighted by atomic mass is 19.1. The van der Waals surface area contributed by atoms with Crippen molar-refractivity contribution in [2.24, 2.45) is 10.6 Å². The second-order valence-corrected chi connectivity index (χ2v) is 4.36. The fourth-order valence-electron chi connectivity index (χ4n) is 1.33. The second kappa shape index (κ2) is 3.96. The van der Waals surface area contributed by atoms with Gasteiger partial charge in [0, 0.05) is 17.0 Å². The summed E-state index contributed by atoms with van der Waals surface area (Å²) in [6.45, 7) is 5.39. The van der Waals surface area contributed by atoms with Crippen LogP contribution in [0, 0.1) is 17.0 Å². The van der Waals surface area contributed by atoms with E-state index in [0.717, 1.165) is 18.2 Å². The Morgan fingerprint density at radius 2 is 1.60 bits per heavy atom. The van der Waals surface area contributed by atoms with Crippen molar-refractivity contribution in [2.45, 2.75) is 20.8 Å². The summed E-state index contributed by atoms with van der Waals surface area (Å²) < 4.78 is 25.9. The molecule has 2 nitrogen and oxygen atoms in total. The molecule has 1 rings (SSSR count). The minimum absolute atomic E-state index is 0.251. The number of hydrogen-bond donors (Lipinski definition) is 1. The maximum atomic E-state index is 12.9. The summed E-state index contributed by atoms with van der Waals surface area (Å²) in [6.07, 6.45) is 0. The van der Waals surface area contributed by atoms with Crippen LogP contribution in [0.2, 0.25) is 0 Å². The number of nitrogens with zero attached hydrogens (tertiary/aromatic N) is 1. The fourth-order valence-corrected chi connectivity index (χ4v) is 1.33. The van der Waals surface area contributed by atoms with Crippen molar-refractivity contribution in [1.29, 1.82) is 0 Å². The van der Waals surface area contributed by atoms with E-state index in [1.807, 2.05) is 0 Å².